The van der Waals surface area contributed by atoms with Gasteiger partial charge in [0.2, 0.25) is 5.52 Å². The van der Waals surface area contributed by atoms with Crippen molar-refractivity contribution in [3.05, 3.63) is 59.2 Å². The van der Waals surface area contributed by atoms with Gasteiger partial charge in [0, 0.05) is 28.5 Å². The largest absolute Gasteiger partial charge is 1.00 e. The third-order valence-electron chi connectivity index (χ3n) is 5.45. The molecule has 0 bridgehead atoms. The van der Waals surface area contributed by atoms with Crippen molar-refractivity contribution in [1.29, 1.82) is 5.26 Å². The van der Waals surface area contributed by atoms with Crippen LogP contribution in [-0.4, -0.2) is 24.5 Å². The van der Waals surface area contributed by atoms with Gasteiger partial charge >= 0.3 is 0 Å². The smallest absolute Gasteiger partial charge is 0.216 e. The summed E-state index contributed by atoms with van der Waals surface area (Å²) in [5.74, 6) is 0. The van der Waals surface area contributed by atoms with E-state index in [1.54, 1.807) is 12.1 Å². The number of pyridine rings is 1. The Morgan fingerprint density at radius 3 is 2.67 bits per heavy atom. The lowest BCUT2D eigenvalue weighted by atomic mass is 10.1. The Bertz CT molecular complexity index is 1070. The minimum atomic E-state index is 0. The maximum Gasteiger partial charge on any atom is 0.216 e. The third kappa shape index (κ3) is 5.14. The highest BCUT2D eigenvalue weighted by atomic mass is 35.5. The SMILES string of the molecule is N#Cc1cc(N)cc(Nc2cc[n+](CCN3CCCCC3)c3cc(Cl)ccc23)c1.[Cl-]. The summed E-state index contributed by atoms with van der Waals surface area (Å²) in [6, 6.07) is 15.5. The molecule has 1 saturated heterocycles. The molecule has 0 unspecified atom stereocenters. The number of nitrogens with one attached hydrogen (secondary N) is 1. The zero-order valence-electron chi connectivity index (χ0n) is 16.7. The van der Waals surface area contributed by atoms with Gasteiger partial charge in [-0.15, -0.1) is 0 Å². The molecule has 1 aromatic heterocycles. The Labute approximate surface area is 188 Å². The van der Waals surface area contributed by atoms with Gasteiger partial charge in [0.1, 0.15) is 0 Å². The van der Waals surface area contributed by atoms with E-state index in [1.165, 1.54) is 32.4 Å². The molecule has 0 radical (unpaired) electrons. The van der Waals surface area contributed by atoms with Crippen LogP contribution in [0.1, 0.15) is 24.8 Å². The van der Waals surface area contributed by atoms with Crippen LogP contribution in [-0.2, 0) is 6.54 Å². The summed E-state index contributed by atoms with van der Waals surface area (Å²) in [5, 5.41) is 14.4. The molecule has 0 aliphatic carbocycles. The lowest BCUT2D eigenvalue weighted by Crippen LogP contribution is -3.00. The van der Waals surface area contributed by atoms with E-state index in [2.05, 4.69) is 33.1 Å². The van der Waals surface area contributed by atoms with Crippen LogP contribution in [0.25, 0.3) is 10.9 Å². The molecular formula is C23H25Cl2N5. The van der Waals surface area contributed by atoms with Crippen LogP contribution >= 0.6 is 11.6 Å². The predicted molar refractivity (Wildman–Crippen MR) is 118 cm³/mol. The molecular weight excluding hydrogens is 417 g/mol. The molecule has 4 rings (SSSR count). The van der Waals surface area contributed by atoms with E-state index in [1.807, 2.05) is 24.3 Å². The van der Waals surface area contributed by atoms with Crippen molar-refractivity contribution in [1.82, 2.24) is 4.90 Å². The van der Waals surface area contributed by atoms with Crippen LogP contribution in [0, 0.1) is 11.3 Å². The maximum absolute atomic E-state index is 9.20. The van der Waals surface area contributed by atoms with E-state index in [0.717, 1.165) is 40.4 Å². The van der Waals surface area contributed by atoms with Gasteiger partial charge < -0.3 is 23.5 Å². The number of halogens is 2. The van der Waals surface area contributed by atoms with E-state index in [9.17, 15) is 5.26 Å². The topological polar surface area (TPSA) is 69.0 Å². The van der Waals surface area contributed by atoms with E-state index >= 15 is 0 Å². The number of piperidine rings is 1. The number of nitrogens with zero attached hydrogens (tertiary/aromatic N) is 3. The Kier molecular flexibility index (Phi) is 7.38. The van der Waals surface area contributed by atoms with Crippen molar-refractivity contribution in [3.63, 3.8) is 0 Å². The molecule has 2 aromatic carbocycles. The van der Waals surface area contributed by atoms with Gasteiger partial charge in [-0.1, -0.05) is 18.0 Å². The molecule has 156 valence electrons. The Morgan fingerprint density at radius 2 is 1.90 bits per heavy atom. The van der Waals surface area contributed by atoms with Gasteiger partial charge in [-0.05, 0) is 56.3 Å². The highest BCUT2D eigenvalue weighted by Crippen LogP contribution is 2.28. The summed E-state index contributed by atoms with van der Waals surface area (Å²) >= 11 is 6.32. The van der Waals surface area contributed by atoms with Gasteiger partial charge in [0.25, 0.3) is 0 Å². The first-order chi connectivity index (χ1) is 14.1. The van der Waals surface area contributed by atoms with Crippen LogP contribution in [0.15, 0.2) is 48.7 Å². The minimum Gasteiger partial charge on any atom is -1.00 e. The van der Waals surface area contributed by atoms with Gasteiger partial charge in [-0.3, -0.25) is 4.90 Å². The average molecular weight is 442 g/mol. The zero-order valence-corrected chi connectivity index (χ0v) is 18.3. The van der Waals surface area contributed by atoms with Crippen molar-refractivity contribution in [2.45, 2.75) is 25.8 Å². The molecule has 0 spiro atoms. The first-order valence-electron chi connectivity index (χ1n) is 10.0. The van der Waals surface area contributed by atoms with Crippen molar-refractivity contribution >= 4 is 39.6 Å². The lowest BCUT2D eigenvalue weighted by Gasteiger charge is -2.25. The number of anilines is 3. The van der Waals surface area contributed by atoms with Crippen LogP contribution in [0.5, 0.6) is 0 Å². The number of benzene rings is 2. The molecule has 0 amide bonds. The van der Waals surface area contributed by atoms with E-state index in [0.29, 0.717) is 11.3 Å². The fraction of sp³-hybridized carbons (Fsp3) is 0.304. The molecule has 5 nitrogen and oxygen atoms in total. The molecule has 7 heteroatoms. The number of rotatable bonds is 5. The summed E-state index contributed by atoms with van der Waals surface area (Å²) in [6.45, 7) is 4.35. The highest BCUT2D eigenvalue weighted by Gasteiger charge is 2.17. The van der Waals surface area contributed by atoms with Gasteiger partial charge in [-0.25, -0.2) is 0 Å². The monoisotopic (exact) mass is 441 g/mol. The van der Waals surface area contributed by atoms with E-state index in [4.69, 9.17) is 17.3 Å². The van der Waals surface area contributed by atoms with Crippen molar-refractivity contribution in [2.24, 2.45) is 0 Å². The number of nitrogen functional groups attached to an aromatic ring is 1. The lowest BCUT2D eigenvalue weighted by molar-refractivity contribution is -0.671. The summed E-state index contributed by atoms with van der Waals surface area (Å²) in [7, 11) is 0. The van der Waals surface area contributed by atoms with Crippen molar-refractivity contribution < 1.29 is 17.0 Å². The number of likely N-dealkylation sites (tertiary alicyclic amines) is 1. The number of nitrogens with two attached hydrogens (primary N) is 1. The second-order valence-corrected chi connectivity index (χ2v) is 8.00. The number of hydrogen-bond donors (Lipinski definition) is 2. The van der Waals surface area contributed by atoms with Crippen LogP contribution in [0.2, 0.25) is 5.02 Å². The quantitative estimate of drug-likeness (QED) is 0.464. The summed E-state index contributed by atoms with van der Waals surface area (Å²) in [4.78, 5) is 2.54. The molecule has 0 saturated carbocycles. The van der Waals surface area contributed by atoms with Gasteiger partial charge in [0.05, 0.1) is 29.3 Å². The highest BCUT2D eigenvalue weighted by molar-refractivity contribution is 6.31. The number of nitriles is 1. The maximum atomic E-state index is 9.20. The van der Waals surface area contributed by atoms with Crippen molar-refractivity contribution in [2.75, 3.05) is 30.7 Å². The standard InChI is InChI=1S/C23H24ClN5.ClH/c24-18-4-5-21-22(27-20-13-17(16-25)12-19(26)15-20)6-9-29(23(21)14-18)11-10-28-7-2-1-3-8-28;/h4-6,9,12-15H,1-3,7-8,10-11,26H2;1H. The van der Waals surface area contributed by atoms with Crippen molar-refractivity contribution in [3.8, 4) is 6.07 Å². The molecule has 0 atom stereocenters. The van der Waals surface area contributed by atoms with Gasteiger partial charge in [0.15, 0.2) is 12.7 Å². The first kappa shape index (κ1) is 22.2. The molecule has 1 aliphatic rings. The Morgan fingerprint density at radius 1 is 1.10 bits per heavy atom. The number of aromatic nitrogens is 1. The fourth-order valence-corrected chi connectivity index (χ4v) is 4.15. The third-order valence-corrected chi connectivity index (χ3v) is 5.68. The molecule has 1 aliphatic heterocycles. The number of hydrogen-bond acceptors (Lipinski definition) is 4. The summed E-state index contributed by atoms with van der Waals surface area (Å²) < 4.78 is 2.26. The zero-order chi connectivity index (χ0) is 20.2. The second-order valence-electron chi connectivity index (χ2n) is 7.57. The van der Waals surface area contributed by atoms with Crippen LogP contribution in [0.4, 0.5) is 17.1 Å². The molecule has 30 heavy (non-hydrogen) atoms. The molecule has 3 N–H and O–H groups in total. The normalized spacial score (nSPS) is 14.1. The van der Waals surface area contributed by atoms with Crippen LogP contribution in [0.3, 0.4) is 0 Å². The Balaban J connectivity index is 0.00000256. The number of fused-ring (bicyclic) bond motifs is 1. The first-order valence-corrected chi connectivity index (χ1v) is 10.4. The molecule has 2 heterocycles. The Hall–Kier alpha value is -2.52. The van der Waals surface area contributed by atoms with E-state index < -0.39 is 0 Å². The summed E-state index contributed by atoms with van der Waals surface area (Å²) in [6.07, 6.45) is 6.04. The fourth-order valence-electron chi connectivity index (χ4n) is 3.98. The molecule has 1 fully saturated rings. The van der Waals surface area contributed by atoms with E-state index in [-0.39, 0.29) is 12.4 Å². The minimum absolute atomic E-state index is 0. The van der Waals surface area contributed by atoms with Gasteiger partial charge in [-0.2, -0.15) is 9.83 Å². The summed E-state index contributed by atoms with van der Waals surface area (Å²) in [5.41, 5.74) is 9.88. The average Bonchev–Trinajstić information content (AvgIpc) is 2.73. The predicted octanol–water partition coefficient (Wildman–Crippen LogP) is 1.47. The molecule has 3 aromatic rings. The van der Waals surface area contributed by atoms with Crippen LogP contribution < -0.4 is 28.0 Å². The second kappa shape index (κ2) is 9.99.